The molecule has 0 fully saturated rings. The molecular formula is C24H24N2O5S. The van der Waals surface area contributed by atoms with E-state index in [0.717, 1.165) is 9.87 Å². The third-order valence-corrected chi connectivity index (χ3v) is 6.38. The number of sulfonamides is 1. The van der Waals surface area contributed by atoms with E-state index in [9.17, 15) is 18.0 Å². The van der Waals surface area contributed by atoms with Crippen molar-refractivity contribution in [1.82, 2.24) is 0 Å². The lowest BCUT2D eigenvalue weighted by Crippen LogP contribution is -2.38. The van der Waals surface area contributed by atoms with Crippen molar-refractivity contribution in [3.05, 3.63) is 90.0 Å². The Labute approximate surface area is 187 Å². The number of carbonyl (C=O) groups is 2. The van der Waals surface area contributed by atoms with Crippen molar-refractivity contribution in [1.29, 1.82) is 0 Å². The summed E-state index contributed by atoms with van der Waals surface area (Å²) in [6, 6.07) is 21.1. The Kier molecular flexibility index (Phi) is 7.27. The van der Waals surface area contributed by atoms with Crippen LogP contribution in [0.1, 0.15) is 22.8 Å². The van der Waals surface area contributed by atoms with E-state index in [1.54, 1.807) is 55.5 Å². The summed E-state index contributed by atoms with van der Waals surface area (Å²) in [6.45, 7) is 3.42. The Morgan fingerprint density at radius 3 is 2.25 bits per heavy atom. The van der Waals surface area contributed by atoms with E-state index in [1.165, 1.54) is 24.3 Å². The summed E-state index contributed by atoms with van der Waals surface area (Å²) in [5.74, 6) is -0.972. The van der Waals surface area contributed by atoms with Gasteiger partial charge in [0.2, 0.25) is 5.91 Å². The Morgan fingerprint density at radius 1 is 0.938 bits per heavy atom. The van der Waals surface area contributed by atoms with Crippen LogP contribution in [-0.4, -0.2) is 33.4 Å². The van der Waals surface area contributed by atoms with Crippen LogP contribution in [0.2, 0.25) is 0 Å². The molecule has 3 rings (SSSR count). The summed E-state index contributed by atoms with van der Waals surface area (Å²) in [4.78, 5) is 24.6. The molecule has 0 bridgehead atoms. The molecule has 32 heavy (non-hydrogen) atoms. The van der Waals surface area contributed by atoms with E-state index in [-0.39, 0.29) is 11.5 Å². The van der Waals surface area contributed by atoms with Crippen molar-refractivity contribution < 1.29 is 22.7 Å². The van der Waals surface area contributed by atoms with Crippen LogP contribution >= 0.6 is 0 Å². The lowest BCUT2D eigenvalue weighted by Gasteiger charge is -2.24. The summed E-state index contributed by atoms with van der Waals surface area (Å²) in [7, 11) is -3.97. The summed E-state index contributed by atoms with van der Waals surface area (Å²) < 4.78 is 32.6. The van der Waals surface area contributed by atoms with Gasteiger partial charge < -0.3 is 10.1 Å². The minimum atomic E-state index is -3.97. The second-order valence-electron chi connectivity index (χ2n) is 7.01. The molecule has 1 N–H and O–H groups in total. The van der Waals surface area contributed by atoms with E-state index < -0.39 is 28.4 Å². The number of esters is 1. The predicted molar refractivity (Wildman–Crippen MR) is 123 cm³/mol. The SMILES string of the molecule is CCOC(=O)c1ccc(NC(=O)CN(c2cccc(C)c2)S(=O)(=O)c2ccccc2)cc1. The smallest absolute Gasteiger partial charge is 0.338 e. The van der Waals surface area contributed by atoms with Crippen LogP contribution in [-0.2, 0) is 19.6 Å². The summed E-state index contributed by atoms with van der Waals surface area (Å²) in [6.07, 6.45) is 0. The number of hydrogen-bond acceptors (Lipinski definition) is 5. The molecular weight excluding hydrogens is 428 g/mol. The highest BCUT2D eigenvalue weighted by atomic mass is 32.2. The van der Waals surface area contributed by atoms with E-state index >= 15 is 0 Å². The molecule has 0 aromatic heterocycles. The highest BCUT2D eigenvalue weighted by Gasteiger charge is 2.27. The molecule has 0 saturated heterocycles. The van der Waals surface area contributed by atoms with E-state index in [2.05, 4.69) is 5.32 Å². The van der Waals surface area contributed by atoms with Gasteiger partial charge in [0, 0.05) is 5.69 Å². The van der Waals surface area contributed by atoms with Crippen LogP contribution in [0.15, 0.2) is 83.8 Å². The molecule has 0 aliphatic heterocycles. The molecule has 7 nitrogen and oxygen atoms in total. The Bertz CT molecular complexity index is 1190. The third kappa shape index (κ3) is 5.53. The minimum Gasteiger partial charge on any atom is -0.462 e. The van der Waals surface area contributed by atoms with E-state index in [4.69, 9.17) is 4.74 Å². The van der Waals surface area contributed by atoms with Gasteiger partial charge in [-0.1, -0.05) is 30.3 Å². The van der Waals surface area contributed by atoms with Gasteiger partial charge in [0.1, 0.15) is 6.54 Å². The van der Waals surface area contributed by atoms with Gasteiger partial charge in [-0.15, -0.1) is 0 Å². The Hall–Kier alpha value is -3.65. The van der Waals surface area contributed by atoms with Gasteiger partial charge in [-0.25, -0.2) is 13.2 Å². The lowest BCUT2D eigenvalue weighted by atomic mass is 10.2. The summed E-state index contributed by atoms with van der Waals surface area (Å²) in [5, 5.41) is 2.68. The number of ether oxygens (including phenoxy) is 1. The molecule has 0 aliphatic rings. The van der Waals surface area contributed by atoms with Gasteiger partial charge in [0.05, 0.1) is 22.8 Å². The predicted octanol–water partition coefficient (Wildman–Crippen LogP) is 4.01. The first-order chi connectivity index (χ1) is 15.3. The number of rotatable bonds is 8. The van der Waals surface area contributed by atoms with Crippen molar-refractivity contribution in [3.63, 3.8) is 0 Å². The summed E-state index contributed by atoms with van der Waals surface area (Å²) in [5.41, 5.74) is 2.05. The van der Waals surface area contributed by atoms with Crippen molar-refractivity contribution in [3.8, 4) is 0 Å². The first-order valence-corrected chi connectivity index (χ1v) is 11.5. The number of nitrogens with zero attached hydrogens (tertiary/aromatic N) is 1. The van der Waals surface area contributed by atoms with E-state index in [1.807, 2.05) is 13.0 Å². The van der Waals surface area contributed by atoms with Crippen molar-refractivity contribution in [2.24, 2.45) is 0 Å². The van der Waals surface area contributed by atoms with Gasteiger partial charge in [-0.05, 0) is 67.9 Å². The first-order valence-electron chi connectivity index (χ1n) is 10.0. The molecule has 0 radical (unpaired) electrons. The van der Waals surface area contributed by atoms with Crippen molar-refractivity contribution in [2.45, 2.75) is 18.7 Å². The average Bonchev–Trinajstić information content (AvgIpc) is 2.78. The zero-order chi connectivity index (χ0) is 23.1. The minimum absolute atomic E-state index is 0.0908. The molecule has 0 saturated carbocycles. The number of benzene rings is 3. The third-order valence-electron chi connectivity index (χ3n) is 4.59. The fraction of sp³-hybridized carbons (Fsp3) is 0.167. The molecule has 3 aromatic carbocycles. The number of amides is 1. The quantitative estimate of drug-likeness (QED) is 0.522. The van der Waals surface area contributed by atoms with Gasteiger partial charge in [-0.2, -0.15) is 0 Å². The first kappa shape index (κ1) is 23.0. The number of carbonyl (C=O) groups excluding carboxylic acids is 2. The normalized spacial score (nSPS) is 10.9. The van der Waals surface area contributed by atoms with Crippen LogP contribution in [0, 0.1) is 6.92 Å². The molecule has 0 aliphatic carbocycles. The van der Waals surface area contributed by atoms with Crippen LogP contribution in [0.25, 0.3) is 0 Å². The second kappa shape index (κ2) is 10.1. The fourth-order valence-corrected chi connectivity index (χ4v) is 4.49. The molecule has 0 spiro atoms. The molecule has 1 amide bonds. The van der Waals surface area contributed by atoms with Crippen LogP contribution in [0.3, 0.4) is 0 Å². The van der Waals surface area contributed by atoms with Crippen molar-refractivity contribution in [2.75, 3.05) is 22.8 Å². The topological polar surface area (TPSA) is 92.8 Å². The summed E-state index contributed by atoms with van der Waals surface area (Å²) >= 11 is 0. The maximum absolute atomic E-state index is 13.3. The fourth-order valence-electron chi connectivity index (χ4n) is 3.05. The number of nitrogens with one attached hydrogen (secondary N) is 1. The molecule has 0 heterocycles. The molecule has 166 valence electrons. The van der Waals surface area contributed by atoms with Crippen molar-refractivity contribution >= 4 is 33.3 Å². The van der Waals surface area contributed by atoms with Crippen LogP contribution in [0.4, 0.5) is 11.4 Å². The number of hydrogen-bond donors (Lipinski definition) is 1. The van der Waals surface area contributed by atoms with Gasteiger partial charge >= 0.3 is 5.97 Å². The monoisotopic (exact) mass is 452 g/mol. The highest BCUT2D eigenvalue weighted by molar-refractivity contribution is 7.92. The lowest BCUT2D eigenvalue weighted by molar-refractivity contribution is -0.114. The van der Waals surface area contributed by atoms with Crippen LogP contribution in [0.5, 0.6) is 0 Å². The van der Waals surface area contributed by atoms with Crippen LogP contribution < -0.4 is 9.62 Å². The van der Waals surface area contributed by atoms with Gasteiger partial charge in [-0.3, -0.25) is 9.10 Å². The van der Waals surface area contributed by atoms with Gasteiger partial charge in [0.25, 0.3) is 10.0 Å². The zero-order valence-electron chi connectivity index (χ0n) is 17.8. The number of anilines is 2. The molecule has 8 heteroatoms. The Balaban J connectivity index is 1.84. The largest absolute Gasteiger partial charge is 0.462 e. The molecule has 0 atom stereocenters. The zero-order valence-corrected chi connectivity index (χ0v) is 18.6. The number of aryl methyl sites for hydroxylation is 1. The average molecular weight is 453 g/mol. The maximum atomic E-state index is 13.3. The molecule has 0 unspecified atom stereocenters. The molecule has 3 aromatic rings. The Morgan fingerprint density at radius 2 is 1.62 bits per heavy atom. The standard InChI is InChI=1S/C24H24N2O5S/c1-3-31-24(28)19-12-14-20(15-13-19)25-23(27)17-26(21-9-7-8-18(2)16-21)32(29,30)22-10-5-4-6-11-22/h4-16H,3,17H2,1-2H3,(H,25,27). The van der Waals surface area contributed by atoms with Gasteiger partial charge in [0.15, 0.2) is 0 Å². The maximum Gasteiger partial charge on any atom is 0.338 e. The second-order valence-corrected chi connectivity index (χ2v) is 8.87. The van der Waals surface area contributed by atoms with E-state index in [0.29, 0.717) is 16.9 Å². The highest BCUT2D eigenvalue weighted by Crippen LogP contribution is 2.24.